The third kappa shape index (κ3) is 3.30. The van der Waals surface area contributed by atoms with Crippen molar-refractivity contribution in [3.05, 3.63) is 39.9 Å². The van der Waals surface area contributed by atoms with E-state index in [1.807, 2.05) is 13.8 Å². The second-order valence-electron chi connectivity index (χ2n) is 6.53. The van der Waals surface area contributed by atoms with Gasteiger partial charge in [0.25, 0.3) is 5.69 Å². The molecule has 0 N–H and O–H groups in total. The molecular weight excluding hydrogens is 356 g/mol. The van der Waals surface area contributed by atoms with Crippen molar-refractivity contribution in [1.29, 1.82) is 0 Å². The number of non-ortho nitro benzene ring substituents is 1. The van der Waals surface area contributed by atoms with Crippen LogP contribution < -0.4 is 0 Å². The summed E-state index contributed by atoms with van der Waals surface area (Å²) in [5, 5.41) is 10.8. The highest BCUT2D eigenvalue weighted by molar-refractivity contribution is 7.99. The molecule has 2 fully saturated rings. The fourth-order valence-electron chi connectivity index (χ4n) is 3.84. The minimum Gasteiger partial charge on any atom is -0.459 e. The average Bonchev–Trinajstić information content (AvgIpc) is 2.95. The van der Waals surface area contributed by atoms with Crippen LogP contribution in [0.15, 0.2) is 24.3 Å². The van der Waals surface area contributed by atoms with Crippen LogP contribution in [0.25, 0.3) is 0 Å². The van der Waals surface area contributed by atoms with Crippen LogP contribution in [0, 0.1) is 16.0 Å². The molecule has 1 unspecified atom stereocenters. The number of carbonyl (C=O) groups is 2. The van der Waals surface area contributed by atoms with Gasteiger partial charge in [0, 0.05) is 23.4 Å². The standard InChI is InChI=1S/C18H22N2O5S/c1-3-13-14-9-15(26-4-2)16(19(14)17(13)21)18(22)25-10-11-5-7-12(8-6-11)20(23)24/h5-8,13-16H,3-4,9-10H2,1-2H3/t13-,14?,15-,16+/m1/s1. The number of nitro groups is 1. The predicted octanol–water partition coefficient (Wildman–Crippen LogP) is 2.77. The van der Waals surface area contributed by atoms with Crippen LogP contribution in [0.1, 0.15) is 32.3 Å². The average molecular weight is 378 g/mol. The molecule has 4 atom stereocenters. The summed E-state index contributed by atoms with van der Waals surface area (Å²) < 4.78 is 5.44. The van der Waals surface area contributed by atoms with E-state index < -0.39 is 11.0 Å². The highest BCUT2D eigenvalue weighted by Gasteiger charge is 2.59. The zero-order chi connectivity index (χ0) is 18.8. The third-order valence-electron chi connectivity index (χ3n) is 5.11. The number of thioether (sulfide) groups is 1. The van der Waals surface area contributed by atoms with Gasteiger partial charge >= 0.3 is 5.97 Å². The minimum absolute atomic E-state index is 0.00472. The molecule has 0 radical (unpaired) electrons. The van der Waals surface area contributed by atoms with Crippen molar-refractivity contribution in [2.75, 3.05) is 5.75 Å². The van der Waals surface area contributed by atoms with E-state index in [9.17, 15) is 19.7 Å². The van der Waals surface area contributed by atoms with Crippen molar-refractivity contribution in [3.63, 3.8) is 0 Å². The number of amides is 1. The Bertz CT molecular complexity index is 708. The number of fused-ring (bicyclic) bond motifs is 1. The van der Waals surface area contributed by atoms with Gasteiger partial charge in [0.1, 0.15) is 12.6 Å². The molecule has 3 rings (SSSR count). The summed E-state index contributed by atoms with van der Waals surface area (Å²) in [6, 6.07) is 5.53. The van der Waals surface area contributed by atoms with Crippen LogP contribution >= 0.6 is 11.8 Å². The van der Waals surface area contributed by atoms with E-state index in [-0.39, 0.29) is 41.4 Å². The smallest absolute Gasteiger partial charge is 0.330 e. The molecule has 1 aromatic carbocycles. The number of hydrogen-bond acceptors (Lipinski definition) is 6. The number of carbonyl (C=O) groups excluding carboxylic acids is 2. The van der Waals surface area contributed by atoms with Crippen LogP contribution in [-0.4, -0.2) is 44.8 Å². The highest BCUT2D eigenvalue weighted by atomic mass is 32.2. The molecule has 2 aliphatic rings. The third-order valence-corrected chi connectivity index (χ3v) is 6.32. The second-order valence-corrected chi connectivity index (χ2v) is 8.05. The number of hydrogen-bond donors (Lipinski definition) is 0. The first-order valence-electron chi connectivity index (χ1n) is 8.81. The first kappa shape index (κ1) is 18.7. The molecule has 2 saturated heterocycles. The van der Waals surface area contributed by atoms with Crippen LogP contribution in [0.5, 0.6) is 0 Å². The lowest BCUT2D eigenvalue weighted by Gasteiger charge is -2.44. The topological polar surface area (TPSA) is 89.8 Å². The maximum Gasteiger partial charge on any atom is 0.330 e. The largest absolute Gasteiger partial charge is 0.459 e. The maximum absolute atomic E-state index is 12.7. The van der Waals surface area contributed by atoms with Crippen LogP contribution in [0.4, 0.5) is 5.69 Å². The fraction of sp³-hybridized carbons (Fsp3) is 0.556. The minimum atomic E-state index is -0.529. The zero-order valence-corrected chi connectivity index (χ0v) is 15.6. The summed E-state index contributed by atoms with van der Waals surface area (Å²) >= 11 is 1.69. The first-order chi connectivity index (χ1) is 12.5. The Kier molecular flexibility index (Phi) is 5.50. The molecule has 0 aromatic heterocycles. The van der Waals surface area contributed by atoms with Crippen LogP contribution in [-0.2, 0) is 20.9 Å². The number of rotatable bonds is 7. The summed E-state index contributed by atoms with van der Waals surface area (Å²) in [7, 11) is 0. The van der Waals surface area contributed by atoms with Gasteiger partial charge < -0.3 is 9.64 Å². The Morgan fingerprint density at radius 1 is 1.35 bits per heavy atom. The Labute approximate surface area is 156 Å². The molecule has 0 aliphatic carbocycles. The van der Waals surface area contributed by atoms with E-state index in [2.05, 4.69) is 0 Å². The van der Waals surface area contributed by atoms with Gasteiger partial charge in [0.15, 0.2) is 0 Å². The second kappa shape index (κ2) is 7.65. The Hall–Kier alpha value is -2.09. The Balaban J connectivity index is 1.65. The van der Waals surface area contributed by atoms with Crippen molar-refractivity contribution in [2.24, 2.45) is 5.92 Å². The summed E-state index contributed by atoms with van der Waals surface area (Å²) in [6.45, 7) is 4.08. The quantitative estimate of drug-likeness (QED) is 0.314. The van der Waals surface area contributed by atoms with Crippen LogP contribution in [0.3, 0.4) is 0 Å². The molecule has 2 heterocycles. The van der Waals surface area contributed by atoms with E-state index in [0.29, 0.717) is 5.56 Å². The Morgan fingerprint density at radius 2 is 2.04 bits per heavy atom. The van der Waals surface area contributed by atoms with Gasteiger partial charge in [-0.25, -0.2) is 4.79 Å². The molecule has 140 valence electrons. The van der Waals surface area contributed by atoms with Crippen molar-refractivity contribution in [1.82, 2.24) is 4.90 Å². The lowest BCUT2D eigenvalue weighted by Crippen LogP contribution is -2.62. The number of esters is 1. The summed E-state index contributed by atoms with van der Waals surface area (Å²) in [6.07, 6.45) is 1.63. The molecule has 7 nitrogen and oxygen atoms in total. The summed E-state index contributed by atoms with van der Waals surface area (Å²) in [4.78, 5) is 37.0. The van der Waals surface area contributed by atoms with Gasteiger partial charge in [0.2, 0.25) is 5.91 Å². The number of nitro benzene ring substituents is 1. The van der Waals surface area contributed by atoms with Crippen molar-refractivity contribution in [2.45, 2.75) is 50.6 Å². The number of ether oxygens (including phenoxy) is 1. The molecule has 1 aromatic rings. The first-order valence-corrected chi connectivity index (χ1v) is 9.86. The molecular formula is C18H22N2O5S. The lowest BCUT2D eigenvalue weighted by molar-refractivity contribution is -0.384. The zero-order valence-electron chi connectivity index (χ0n) is 14.8. The summed E-state index contributed by atoms with van der Waals surface area (Å²) in [5.41, 5.74) is 0.675. The highest BCUT2D eigenvalue weighted by Crippen LogP contribution is 2.45. The SMILES string of the molecule is CCS[C@@H]1CC2[C@@H](CC)C(=O)N2[C@@H]1C(=O)OCc1ccc([N+](=O)[O-])cc1. The van der Waals surface area contributed by atoms with E-state index >= 15 is 0 Å². The molecule has 26 heavy (non-hydrogen) atoms. The molecule has 2 aliphatic heterocycles. The molecule has 0 spiro atoms. The van der Waals surface area contributed by atoms with Crippen molar-refractivity contribution in [3.8, 4) is 0 Å². The number of β-lactam (4-membered cyclic amide) rings is 1. The normalized spacial score (nSPS) is 27.0. The Morgan fingerprint density at radius 3 is 2.62 bits per heavy atom. The maximum atomic E-state index is 12.7. The molecule has 1 amide bonds. The van der Waals surface area contributed by atoms with E-state index in [1.54, 1.807) is 28.8 Å². The number of benzene rings is 1. The van der Waals surface area contributed by atoms with Gasteiger partial charge in [-0.15, -0.1) is 0 Å². The van der Waals surface area contributed by atoms with E-state index in [1.165, 1.54) is 12.1 Å². The number of nitrogens with zero attached hydrogens (tertiary/aromatic N) is 2. The van der Waals surface area contributed by atoms with Crippen molar-refractivity contribution < 1.29 is 19.2 Å². The summed E-state index contributed by atoms with van der Waals surface area (Å²) in [5.74, 6) is 0.568. The van der Waals surface area contributed by atoms with E-state index in [4.69, 9.17) is 4.74 Å². The van der Waals surface area contributed by atoms with Gasteiger partial charge in [-0.05, 0) is 36.3 Å². The van der Waals surface area contributed by atoms with E-state index in [0.717, 1.165) is 18.6 Å². The molecule has 0 bridgehead atoms. The van der Waals surface area contributed by atoms with Gasteiger partial charge in [-0.3, -0.25) is 14.9 Å². The van der Waals surface area contributed by atoms with Gasteiger partial charge in [-0.1, -0.05) is 13.8 Å². The van der Waals surface area contributed by atoms with Gasteiger partial charge in [-0.2, -0.15) is 11.8 Å². The monoisotopic (exact) mass is 378 g/mol. The molecule has 0 saturated carbocycles. The fourth-order valence-corrected chi connectivity index (χ4v) is 5.02. The van der Waals surface area contributed by atoms with Crippen molar-refractivity contribution >= 4 is 29.3 Å². The van der Waals surface area contributed by atoms with Gasteiger partial charge in [0.05, 0.1) is 10.8 Å². The van der Waals surface area contributed by atoms with Crippen LogP contribution in [0.2, 0.25) is 0 Å². The molecule has 8 heteroatoms. The lowest BCUT2D eigenvalue weighted by atomic mass is 9.86. The predicted molar refractivity (Wildman–Crippen MR) is 97.6 cm³/mol.